The zero-order valence-electron chi connectivity index (χ0n) is 21.8. The molecule has 4 atom stereocenters. The van der Waals surface area contributed by atoms with Crippen LogP contribution in [0.5, 0.6) is 0 Å². The lowest BCUT2D eigenvalue weighted by Crippen LogP contribution is -2.46. The Kier molecular flexibility index (Phi) is 6.40. The van der Waals surface area contributed by atoms with E-state index in [1.807, 2.05) is 50.2 Å². The molecule has 0 spiro atoms. The Balaban J connectivity index is 1.18. The van der Waals surface area contributed by atoms with Crippen LogP contribution in [0.25, 0.3) is 33.6 Å². The summed E-state index contributed by atoms with van der Waals surface area (Å²) < 4.78 is 15.4. The quantitative estimate of drug-likeness (QED) is 0.397. The van der Waals surface area contributed by atoms with Crippen molar-refractivity contribution in [1.29, 1.82) is 0 Å². The molecular weight excluding hydrogens is 482 g/mol. The lowest BCUT2D eigenvalue weighted by Gasteiger charge is -2.45. The minimum Gasteiger partial charge on any atom is -0.446 e. The maximum absolute atomic E-state index is 12.1. The van der Waals surface area contributed by atoms with Crippen molar-refractivity contribution in [3.63, 3.8) is 0 Å². The molecule has 3 aromatic heterocycles. The molecule has 0 N–H and O–H groups in total. The molecule has 196 valence electrons. The molecule has 2 fully saturated rings. The third kappa shape index (κ3) is 4.79. The summed E-state index contributed by atoms with van der Waals surface area (Å²) in [5.74, 6) is 1.14. The maximum Gasteiger partial charge on any atom is 0.409 e. The first kappa shape index (κ1) is 24.3. The number of ether oxygens (including phenoxy) is 2. The Labute approximate surface area is 221 Å². The van der Waals surface area contributed by atoms with Crippen LogP contribution in [0.3, 0.4) is 0 Å². The molecule has 2 bridgehead atoms. The summed E-state index contributed by atoms with van der Waals surface area (Å²) in [7, 11) is 5.32. The monoisotopic (exact) mass is 513 g/mol. The van der Waals surface area contributed by atoms with E-state index in [0.717, 1.165) is 40.7 Å². The average molecular weight is 514 g/mol. The summed E-state index contributed by atoms with van der Waals surface area (Å²) in [5.41, 5.74) is 4.97. The molecule has 6 rings (SSSR count). The van der Waals surface area contributed by atoms with E-state index in [0.29, 0.717) is 19.0 Å². The van der Waals surface area contributed by atoms with Crippen LogP contribution in [-0.2, 0) is 16.5 Å². The van der Waals surface area contributed by atoms with Gasteiger partial charge in [-0.15, -0.1) is 0 Å². The predicted octanol–water partition coefficient (Wildman–Crippen LogP) is 4.07. The second kappa shape index (κ2) is 10.0. The smallest absolute Gasteiger partial charge is 0.409 e. The summed E-state index contributed by atoms with van der Waals surface area (Å²) in [6.07, 6.45) is 12.6. The van der Waals surface area contributed by atoms with Gasteiger partial charge >= 0.3 is 6.09 Å². The van der Waals surface area contributed by atoms with Gasteiger partial charge in [-0.3, -0.25) is 9.36 Å². The SMILES string of the molecule is CN(C)C(=O)OC1C[C@H]2COC[C@@H](C1)C2n1cc(-c2cnc(-c3cccc(-c4cnn(C)c4)c3)nc2)cn1. The van der Waals surface area contributed by atoms with Crippen molar-refractivity contribution in [3.8, 4) is 33.6 Å². The topological polar surface area (TPSA) is 100 Å². The Bertz CT molecular complexity index is 1410. The number of aryl methyl sites for hydroxylation is 1. The van der Waals surface area contributed by atoms with Crippen molar-refractivity contribution >= 4 is 6.09 Å². The van der Waals surface area contributed by atoms with Gasteiger partial charge < -0.3 is 14.4 Å². The van der Waals surface area contributed by atoms with E-state index in [1.54, 1.807) is 18.8 Å². The van der Waals surface area contributed by atoms with Gasteiger partial charge in [-0.1, -0.05) is 18.2 Å². The van der Waals surface area contributed by atoms with Crippen molar-refractivity contribution in [2.45, 2.75) is 25.0 Å². The van der Waals surface area contributed by atoms with Crippen molar-refractivity contribution in [1.82, 2.24) is 34.4 Å². The number of amides is 1. The summed E-state index contributed by atoms with van der Waals surface area (Å²) in [4.78, 5) is 22.9. The van der Waals surface area contributed by atoms with Gasteiger partial charge in [-0.25, -0.2) is 14.8 Å². The second-order valence-corrected chi connectivity index (χ2v) is 10.4. The number of fused-ring (bicyclic) bond motifs is 2. The van der Waals surface area contributed by atoms with Crippen LogP contribution in [-0.4, -0.2) is 73.9 Å². The first-order valence-electron chi connectivity index (χ1n) is 12.9. The fraction of sp³-hybridized carbons (Fsp3) is 0.393. The number of benzene rings is 1. The lowest BCUT2D eigenvalue weighted by atomic mass is 9.74. The summed E-state index contributed by atoms with van der Waals surface area (Å²) in [6.45, 7) is 1.28. The number of carbonyl (C=O) groups is 1. The van der Waals surface area contributed by atoms with Crippen LogP contribution in [0.15, 0.2) is 61.4 Å². The molecule has 1 amide bonds. The van der Waals surface area contributed by atoms with Crippen LogP contribution in [0.4, 0.5) is 4.79 Å². The minimum atomic E-state index is -0.291. The largest absolute Gasteiger partial charge is 0.446 e. The third-order valence-electron chi connectivity index (χ3n) is 7.44. The molecular formula is C28H31N7O3. The highest BCUT2D eigenvalue weighted by atomic mass is 16.6. The normalized spacial score (nSPS) is 22.7. The van der Waals surface area contributed by atoms with E-state index in [-0.39, 0.29) is 30.1 Å². The van der Waals surface area contributed by atoms with E-state index < -0.39 is 0 Å². The highest BCUT2D eigenvalue weighted by Crippen LogP contribution is 2.43. The predicted molar refractivity (Wildman–Crippen MR) is 141 cm³/mol. The first-order valence-corrected chi connectivity index (χ1v) is 12.9. The van der Waals surface area contributed by atoms with E-state index in [4.69, 9.17) is 14.6 Å². The number of hydrogen-bond donors (Lipinski definition) is 0. The number of rotatable bonds is 5. The second-order valence-electron chi connectivity index (χ2n) is 10.4. The van der Waals surface area contributed by atoms with Gasteiger partial charge in [-0.2, -0.15) is 10.2 Å². The molecule has 1 aliphatic heterocycles. The molecule has 0 radical (unpaired) electrons. The molecule has 1 saturated carbocycles. The summed E-state index contributed by atoms with van der Waals surface area (Å²) in [5, 5.41) is 8.99. The molecule has 4 aromatic rings. The van der Waals surface area contributed by atoms with E-state index in [9.17, 15) is 4.79 Å². The van der Waals surface area contributed by atoms with Crippen LogP contribution in [0.1, 0.15) is 18.9 Å². The van der Waals surface area contributed by atoms with E-state index in [2.05, 4.69) is 38.1 Å². The zero-order chi connectivity index (χ0) is 26.2. The molecule has 1 saturated heterocycles. The van der Waals surface area contributed by atoms with Crippen molar-refractivity contribution in [2.24, 2.45) is 18.9 Å². The van der Waals surface area contributed by atoms with Crippen LogP contribution >= 0.6 is 0 Å². The van der Waals surface area contributed by atoms with Crippen LogP contribution in [0.2, 0.25) is 0 Å². The van der Waals surface area contributed by atoms with Crippen LogP contribution in [0, 0.1) is 11.8 Å². The number of hydrogen-bond acceptors (Lipinski definition) is 7. The minimum absolute atomic E-state index is 0.0901. The summed E-state index contributed by atoms with van der Waals surface area (Å²) in [6, 6.07) is 8.37. The highest BCUT2D eigenvalue weighted by molar-refractivity contribution is 5.70. The first-order chi connectivity index (χ1) is 18.4. The number of carbonyl (C=O) groups excluding carboxylic acids is 1. The molecule has 38 heavy (non-hydrogen) atoms. The van der Waals surface area contributed by atoms with Crippen molar-refractivity contribution in [3.05, 3.63) is 61.4 Å². The number of nitrogens with zero attached hydrogens (tertiary/aromatic N) is 7. The van der Waals surface area contributed by atoms with E-state index >= 15 is 0 Å². The summed E-state index contributed by atoms with van der Waals surface area (Å²) >= 11 is 0. The van der Waals surface area contributed by atoms with Gasteiger partial charge in [0, 0.05) is 80.0 Å². The van der Waals surface area contributed by atoms with Crippen molar-refractivity contribution < 1.29 is 14.3 Å². The van der Waals surface area contributed by atoms with Gasteiger partial charge in [0.2, 0.25) is 0 Å². The molecule has 4 heterocycles. The molecule has 1 aliphatic carbocycles. The Hall–Kier alpha value is -4.05. The fourth-order valence-electron chi connectivity index (χ4n) is 5.60. The average Bonchev–Trinajstić information content (AvgIpc) is 3.58. The van der Waals surface area contributed by atoms with Gasteiger partial charge in [0.1, 0.15) is 6.10 Å². The third-order valence-corrected chi connectivity index (χ3v) is 7.44. The maximum atomic E-state index is 12.1. The lowest BCUT2D eigenvalue weighted by molar-refractivity contribution is -0.0927. The molecule has 1 aromatic carbocycles. The molecule has 10 heteroatoms. The molecule has 10 nitrogen and oxygen atoms in total. The van der Waals surface area contributed by atoms with E-state index in [1.165, 1.54) is 4.90 Å². The zero-order valence-corrected chi connectivity index (χ0v) is 21.8. The van der Waals surface area contributed by atoms with Gasteiger partial charge in [0.15, 0.2) is 5.82 Å². The van der Waals surface area contributed by atoms with Gasteiger partial charge in [0.25, 0.3) is 0 Å². The fourth-order valence-corrected chi connectivity index (χ4v) is 5.60. The highest BCUT2D eigenvalue weighted by Gasteiger charge is 2.44. The van der Waals surface area contributed by atoms with Crippen LogP contribution < -0.4 is 0 Å². The molecule has 2 aliphatic rings. The molecule has 2 unspecified atom stereocenters. The van der Waals surface area contributed by atoms with Crippen molar-refractivity contribution in [2.75, 3.05) is 27.3 Å². The Morgan fingerprint density at radius 3 is 2.29 bits per heavy atom. The Morgan fingerprint density at radius 1 is 0.921 bits per heavy atom. The number of aromatic nitrogens is 6. The van der Waals surface area contributed by atoms with Gasteiger partial charge in [0.05, 0.1) is 31.6 Å². The van der Waals surface area contributed by atoms with Gasteiger partial charge in [-0.05, 0) is 24.5 Å². The Morgan fingerprint density at radius 2 is 1.61 bits per heavy atom. The standard InChI is InChI=1S/C28H31N7O3/c1-33(2)28(36)38-25-8-20-16-37-17-21(9-25)26(20)35-15-24(13-32-35)22-10-29-27(30-11-22)19-6-4-5-18(7-19)23-12-31-34(3)14-23/h4-7,10-15,20-21,25-26H,8-9,16-17H2,1-3H3/t20-,21+,25?,26?.